The average molecular weight is 909 g/mol. The molecular weight excluding hydrogens is 805 g/mol. The zero-order chi connectivity index (χ0) is 47.2. The Kier molecular flexibility index (Phi) is 51.3. The molecule has 0 radical (unpaired) electrons. The van der Waals surface area contributed by atoms with Crippen LogP contribution in [0.25, 0.3) is 0 Å². The maximum absolute atomic E-state index is 12.8. The fraction of sp³-hybridized carbons (Fsp3) is 0.780. The predicted molar refractivity (Wildman–Crippen MR) is 279 cm³/mol. The first-order valence-corrected chi connectivity index (χ1v) is 27.8. The van der Waals surface area contributed by atoms with Crippen LogP contribution in [0.2, 0.25) is 0 Å². The molecule has 376 valence electrons. The van der Waals surface area contributed by atoms with Crippen molar-refractivity contribution in [1.82, 2.24) is 0 Å². The number of ether oxygens (including phenoxy) is 3. The van der Waals surface area contributed by atoms with Crippen molar-refractivity contribution in [2.45, 2.75) is 284 Å². The first-order chi connectivity index (χ1) is 32.0. The van der Waals surface area contributed by atoms with Crippen molar-refractivity contribution < 1.29 is 28.6 Å². The van der Waals surface area contributed by atoms with Crippen molar-refractivity contribution in [3.05, 3.63) is 60.8 Å². The normalized spacial score (nSPS) is 12.5. The molecular formula is C59H104O6. The van der Waals surface area contributed by atoms with E-state index in [4.69, 9.17) is 14.2 Å². The van der Waals surface area contributed by atoms with Gasteiger partial charge in [-0.1, -0.05) is 229 Å². The summed E-state index contributed by atoms with van der Waals surface area (Å²) in [6.45, 7) is 6.59. The van der Waals surface area contributed by atoms with E-state index in [2.05, 4.69) is 81.5 Å². The molecule has 0 aliphatic rings. The fourth-order valence-electron chi connectivity index (χ4n) is 7.77. The molecule has 0 amide bonds. The second-order valence-electron chi connectivity index (χ2n) is 18.5. The number of hydrogen-bond donors (Lipinski definition) is 0. The summed E-state index contributed by atoms with van der Waals surface area (Å²) in [6, 6.07) is 0. The van der Waals surface area contributed by atoms with Gasteiger partial charge < -0.3 is 14.2 Å². The standard InChI is InChI=1S/C59H104O6/c1-4-7-10-13-16-19-22-24-26-27-28-29-30-31-33-34-37-40-43-46-49-52-58(61)64-55-56(54-63-57(60)51-48-45-42-39-36-21-18-15-12-9-6-3)65-59(62)53-50-47-44-41-38-35-32-25-23-20-17-14-11-8-5-2/h17,20,22,24-25,27-28,30-32,56H,4-16,18-19,21,23,26,29,33-55H2,1-3H3/b20-17-,24-22-,28-27-,31-30-,32-25-. The first kappa shape index (κ1) is 62.1. The molecule has 0 bridgehead atoms. The van der Waals surface area contributed by atoms with Crippen LogP contribution in [-0.2, 0) is 28.6 Å². The van der Waals surface area contributed by atoms with Gasteiger partial charge in [-0.25, -0.2) is 0 Å². The molecule has 0 heterocycles. The lowest BCUT2D eigenvalue weighted by molar-refractivity contribution is -0.167. The molecule has 1 atom stereocenters. The fourth-order valence-corrected chi connectivity index (χ4v) is 7.77. The lowest BCUT2D eigenvalue weighted by atomic mass is 10.1. The molecule has 0 spiro atoms. The van der Waals surface area contributed by atoms with Gasteiger partial charge >= 0.3 is 17.9 Å². The SMILES string of the molecule is CCCCC/C=C\C/C=C\CCCCCCCC(=O)OC(COC(=O)CCCCCCCC/C=C\C/C=C\C/C=C\CCCCCCC)COC(=O)CCCCCCCCCCCCC. The highest BCUT2D eigenvalue weighted by molar-refractivity contribution is 5.71. The molecule has 0 saturated heterocycles. The number of carbonyl (C=O) groups excluding carboxylic acids is 3. The van der Waals surface area contributed by atoms with Crippen molar-refractivity contribution >= 4 is 17.9 Å². The lowest BCUT2D eigenvalue weighted by Crippen LogP contribution is -2.30. The third-order valence-corrected chi connectivity index (χ3v) is 12.0. The van der Waals surface area contributed by atoms with Crippen LogP contribution in [0.15, 0.2) is 60.8 Å². The van der Waals surface area contributed by atoms with Crippen LogP contribution in [0.1, 0.15) is 278 Å². The summed E-state index contributed by atoms with van der Waals surface area (Å²) in [6.07, 6.45) is 66.3. The van der Waals surface area contributed by atoms with Crippen LogP contribution in [0.3, 0.4) is 0 Å². The minimum Gasteiger partial charge on any atom is -0.462 e. The van der Waals surface area contributed by atoms with E-state index in [1.54, 1.807) is 0 Å². The van der Waals surface area contributed by atoms with Crippen molar-refractivity contribution in [1.29, 1.82) is 0 Å². The molecule has 0 saturated carbocycles. The molecule has 65 heavy (non-hydrogen) atoms. The third-order valence-electron chi connectivity index (χ3n) is 12.0. The zero-order valence-electron chi connectivity index (χ0n) is 43.0. The van der Waals surface area contributed by atoms with Crippen LogP contribution in [0.5, 0.6) is 0 Å². The Labute approximate surface area is 402 Å². The van der Waals surface area contributed by atoms with Crippen molar-refractivity contribution in [2.24, 2.45) is 0 Å². The molecule has 0 aromatic rings. The average Bonchev–Trinajstić information content (AvgIpc) is 3.30. The molecule has 1 unspecified atom stereocenters. The summed E-state index contributed by atoms with van der Waals surface area (Å²) < 4.78 is 16.8. The first-order valence-electron chi connectivity index (χ1n) is 27.8. The van der Waals surface area contributed by atoms with Gasteiger partial charge in [0.25, 0.3) is 0 Å². The maximum Gasteiger partial charge on any atom is 0.306 e. The number of unbranched alkanes of at least 4 members (excludes halogenated alkanes) is 29. The predicted octanol–water partition coefficient (Wildman–Crippen LogP) is 18.4. The van der Waals surface area contributed by atoms with E-state index in [0.717, 1.165) is 103 Å². The highest BCUT2D eigenvalue weighted by Gasteiger charge is 2.19. The molecule has 0 rings (SSSR count). The second kappa shape index (κ2) is 53.7. The number of rotatable bonds is 50. The molecule has 0 aromatic heterocycles. The Hall–Kier alpha value is -2.89. The van der Waals surface area contributed by atoms with Gasteiger partial charge in [-0.2, -0.15) is 0 Å². The van der Waals surface area contributed by atoms with E-state index in [0.29, 0.717) is 19.3 Å². The Morgan fingerprint density at radius 1 is 0.308 bits per heavy atom. The Bertz CT molecular complexity index is 1180. The maximum atomic E-state index is 12.8. The van der Waals surface area contributed by atoms with E-state index in [1.807, 2.05) is 0 Å². The summed E-state index contributed by atoms with van der Waals surface area (Å²) >= 11 is 0. The minimum atomic E-state index is -0.785. The van der Waals surface area contributed by atoms with Crippen LogP contribution < -0.4 is 0 Å². The van der Waals surface area contributed by atoms with Gasteiger partial charge in [0.15, 0.2) is 6.10 Å². The van der Waals surface area contributed by atoms with E-state index in [1.165, 1.54) is 135 Å². The van der Waals surface area contributed by atoms with Crippen molar-refractivity contribution in [3.8, 4) is 0 Å². The lowest BCUT2D eigenvalue weighted by Gasteiger charge is -2.18. The van der Waals surface area contributed by atoms with E-state index < -0.39 is 6.10 Å². The van der Waals surface area contributed by atoms with Crippen LogP contribution >= 0.6 is 0 Å². The van der Waals surface area contributed by atoms with Gasteiger partial charge in [-0.05, 0) is 89.9 Å². The summed E-state index contributed by atoms with van der Waals surface area (Å²) in [5.41, 5.74) is 0. The number of hydrogen-bond acceptors (Lipinski definition) is 6. The van der Waals surface area contributed by atoms with E-state index in [9.17, 15) is 14.4 Å². The largest absolute Gasteiger partial charge is 0.462 e. The summed E-state index contributed by atoms with van der Waals surface area (Å²) in [4.78, 5) is 38.0. The highest BCUT2D eigenvalue weighted by Crippen LogP contribution is 2.15. The van der Waals surface area contributed by atoms with E-state index in [-0.39, 0.29) is 31.1 Å². The molecule has 0 aliphatic carbocycles. The topological polar surface area (TPSA) is 78.9 Å². The number of esters is 3. The Balaban J connectivity index is 4.36. The smallest absolute Gasteiger partial charge is 0.306 e. The van der Waals surface area contributed by atoms with Crippen molar-refractivity contribution in [2.75, 3.05) is 13.2 Å². The van der Waals surface area contributed by atoms with E-state index >= 15 is 0 Å². The molecule has 6 nitrogen and oxygen atoms in total. The van der Waals surface area contributed by atoms with Gasteiger partial charge in [0, 0.05) is 19.3 Å². The second-order valence-corrected chi connectivity index (χ2v) is 18.5. The zero-order valence-corrected chi connectivity index (χ0v) is 43.0. The van der Waals surface area contributed by atoms with Crippen LogP contribution in [0.4, 0.5) is 0 Å². The summed E-state index contributed by atoms with van der Waals surface area (Å²) in [7, 11) is 0. The molecule has 0 aliphatic heterocycles. The van der Waals surface area contributed by atoms with Gasteiger partial charge in [-0.15, -0.1) is 0 Å². The molecule has 6 heteroatoms. The van der Waals surface area contributed by atoms with Gasteiger partial charge in [-0.3, -0.25) is 14.4 Å². The number of carbonyl (C=O) groups is 3. The van der Waals surface area contributed by atoms with Gasteiger partial charge in [0.2, 0.25) is 0 Å². The molecule has 0 N–H and O–H groups in total. The highest BCUT2D eigenvalue weighted by atomic mass is 16.6. The quantitative estimate of drug-likeness (QED) is 0.0262. The van der Waals surface area contributed by atoms with Gasteiger partial charge in [0.05, 0.1) is 0 Å². The Morgan fingerprint density at radius 2 is 0.554 bits per heavy atom. The molecule has 0 aromatic carbocycles. The van der Waals surface area contributed by atoms with Crippen LogP contribution in [-0.4, -0.2) is 37.2 Å². The third kappa shape index (κ3) is 51.9. The molecule has 0 fully saturated rings. The summed E-state index contributed by atoms with van der Waals surface area (Å²) in [5, 5.41) is 0. The number of allylic oxidation sites excluding steroid dienone is 10. The minimum absolute atomic E-state index is 0.0824. The van der Waals surface area contributed by atoms with Crippen LogP contribution in [0, 0.1) is 0 Å². The monoisotopic (exact) mass is 909 g/mol. The van der Waals surface area contributed by atoms with Gasteiger partial charge in [0.1, 0.15) is 13.2 Å². The summed E-state index contributed by atoms with van der Waals surface area (Å²) in [5.74, 6) is -0.903. The Morgan fingerprint density at radius 3 is 0.892 bits per heavy atom. The van der Waals surface area contributed by atoms with Crippen molar-refractivity contribution in [3.63, 3.8) is 0 Å².